The number of nitrogens with zero attached hydrogens (tertiary/aromatic N) is 3. The van der Waals surface area contributed by atoms with Gasteiger partial charge in [-0.05, 0) is 51.2 Å². The van der Waals surface area contributed by atoms with Crippen molar-refractivity contribution in [2.24, 2.45) is 0 Å². The second-order valence-corrected chi connectivity index (χ2v) is 9.10. The number of ether oxygens (including phenoxy) is 1. The van der Waals surface area contributed by atoms with Crippen molar-refractivity contribution in [1.29, 1.82) is 0 Å². The second kappa shape index (κ2) is 7.35. The molecular formula is C22H29N3O4. The topological polar surface area (TPSA) is 70.2 Å². The Balaban J connectivity index is 1.52. The van der Waals surface area contributed by atoms with Crippen LogP contribution in [0.5, 0.6) is 0 Å². The third kappa shape index (κ3) is 3.82. The molecule has 2 atom stereocenters. The van der Waals surface area contributed by atoms with Crippen molar-refractivity contribution in [1.82, 2.24) is 14.7 Å². The summed E-state index contributed by atoms with van der Waals surface area (Å²) in [5.41, 5.74) is 1.76. The number of likely N-dealkylation sites (tertiary alicyclic amines) is 1. The minimum atomic E-state index is -0.610. The van der Waals surface area contributed by atoms with Crippen molar-refractivity contribution >= 4 is 17.9 Å². The van der Waals surface area contributed by atoms with Crippen LogP contribution in [0.4, 0.5) is 4.79 Å². The highest BCUT2D eigenvalue weighted by molar-refractivity contribution is 5.91. The highest BCUT2D eigenvalue weighted by Gasteiger charge is 2.43. The molecule has 0 N–H and O–H groups in total. The number of piperazine rings is 1. The van der Waals surface area contributed by atoms with Gasteiger partial charge in [-0.1, -0.05) is 24.3 Å². The quantitative estimate of drug-likeness (QED) is 0.727. The number of hydrogen-bond donors (Lipinski definition) is 0. The molecule has 0 radical (unpaired) electrons. The van der Waals surface area contributed by atoms with E-state index in [9.17, 15) is 14.4 Å². The molecule has 2 unspecified atom stereocenters. The Morgan fingerprint density at radius 2 is 1.90 bits per heavy atom. The summed E-state index contributed by atoms with van der Waals surface area (Å²) in [6.45, 7) is 7.19. The molecular weight excluding hydrogens is 370 g/mol. The molecule has 0 aliphatic carbocycles. The Morgan fingerprint density at radius 3 is 2.66 bits per heavy atom. The molecule has 0 spiro atoms. The molecule has 2 saturated heterocycles. The van der Waals surface area contributed by atoms with Gasteiger partial charge in [0.05, 0.1) is 12.6 Å². The van der Waals surface area contributed by atoms with Crippen LogP contribution in [0.3, 0.4) is 0 Å². The van der Waals surface area contributed by atoms with Gasteiger partial charge in [-0.25, -0.2) is 4.79 Å². The van der Waals surface area contributed by atoms with E-state index in [0.717, 1.165) is 18.4 Å². The minimum Gasteiger partial charge on any atom is -0.444 e. The van der Waals surface area contributed by atoms with Gasteiger partial charge in [0.1, 0.15) is 11.6 Å². The van der Waals surface area contributed by atoms with E-state index in [0.29, 0.717) is 26.1 Å². The first-order valence-electron chi connectivity index (χ1n) is 10.4. The van der Waals surface area contributed by atoms with Gasteiger partial charge < -0.3 is 14.5 Å². The Labute approximate surface area is 171 Å². The number of carbonyl (C=O) groups is 3. The molecule has 7 nitrogen and oxygen atoms in total. The summed E-state index contributed by atoms with van der Waals surface area (Å²) in [4.78, 5) is 43.7. The molecule has 4 rings (SSSR count). The largest absolute Gasteiger partial charge is 0.444 e. The van der Waals surface area contributed by atoms with Crippen molar-refractivity contribution in [2.45, 2.75) is 57.7 Å². The molecule has 3 amide bonds. The summed E-state index contributed by atoms with van der Waals surface area (Å²) >= 11 is 0. The van der Waals surface area contributed by atoms with Crippen molar-refractivity contribution in [2.75, 3.05) is 26.2 Å². The van der Waals surface area contributed by atoms with Gasteiger partial charge in [-0.3, -0.25) is 14.5 Å². The lowest BCUT2D eigenvalue weighted by Crippen LogP contribution is -2.59. The van der Waals surface area contributed by atoms with Crippen LogP contribution in [0.1, 0.15) is 50.8 Å². The molecule has 1 aromatic rings. The molecule has 3 aliphatic heterocycles. The maximum atomic E-state index is 13.3. The highest BCUT2D eigenvalue weighted by atomic mass is 16.6. The van der Waals surface area contributed by atoms with Crippen molar-refractivity contribution in [3.05, 3.63) is 35.4 Å². The molecule has 7 heteroatoms. The summed E-state index contributed by atoms with van der Waals surface area (Å²) < 4.78 is 5.48. The predicted molar refractivity (Wildman–Crippen MR) is 107 cm³/mol. The molecule has 29 heavy (non-hydrogen) atoms. The predicted octanol–water partition coefficient (Wildman–Crippen LogP) is 2.35. The highest BCUT2D eigenvalue weighted by Crippen LogP contribution is 2.34. The smallest absolute Gasteiger partial charge is 0.410 e. The number of amides is 3. The number of hydrogen-bond acceptors (Lipinski definition) is 4. The van der Waals surface area contributed by atoms with E-state index in [2.05, 4.69) is 12.1 Å². The molecule has 156 valence electrons. The zero-order valence-electron chi connectivity index (χ0n) is 17.4. The van der Waals surface area contributed by atoms with Gasteiger partial charge in [0.2, 0.25) is 11.8 Å². The summed E-state index contributed by atoms with van der Waals surface area (Å²) in [6, 6.07) is 7.48. The average molecular weight is 399 g/mol. The first-order valence-corrected chi connectivity index (χ1v) is 10.4. The molecule has 0 bridgehead atoms. The first kappa shape index (κ1) is 19.7. The fourth-order valence-electron chi connectivity index (χ4n) is 4.62. The van der Waals surface area contributed by atoms with E-state index in [4.69, 9.17) is 4.74 Å². The monoisotopic (exact) mass is 399 g/mol. The fourth-order valence-corrected chi connectivity index (χ4v) is 4.62. The minimum absolute atomic E-state index is 0.0223. The Bertz CT molecular complexity index is 832. The zero-order chi connectivity index (χ0) is 20.8. The van der Waals surface area contributed by atoms with E-state index in [1.807, 2.05) is 37.8 Å². The van der Waals surface area contributed by atoms with Crippen molar-refractivity contribution in [3.8, 4) is 0 Å². The number of benzene rings is 1. The molecule has 3 aliphatic rings. The van der Waals surface area contributed by atoms with Crippen molar-refractivity contribution < 1.29 is 19.1 Å². The van der Waals surface area contributed by atoms with Crippen LogP contribution in [0.25, 0.3) is 0 Å². The van der Waals surface area contributed by atoms with Gasteiger partial charge in [-0.2, -0.15) is 0 Å². The van der Waals surface area contributed by atoms with Crippen LogP contribution >= 0.6 is 0 Å². The Kier molecular flexibility index (Phi) is 5.00. The average Bonchev–Trinajstić information content (AvgIpc) is 3.16. The maximum absolute atomic E-state index is 13.3. The van der Waals surface area contributed by atoms with Crippen LogP contribution in [0, 0.1) is 0 Å². The van der Waals surface area contributed by atoms with Crippen LogP contribution in [0.2, 0.25) is 0 Å². The number of carbonyl (C=O) groups excluding carboxylic acids is 3. The van der Waals surface area contributed by atoms with E-state index in [1.165, 1.54) is 10.5 Å². The summed E-state index contributed by atoms with van der Waals surface area (Å²) in [5, 5.41) is 0. The Morgan fingerprint density at radius 1 is 1.14 bits per heavy atom. The number of fused-ring (bicyclic) bond motifs is 3. The molecule has 0 aromatic heterocycles. The standard InChI is InChI=1S/C22H29N3O4/c1-22(2,3)29-21(28)25-11-6-9-17(25)20(27)23-13-18-16-8-5-4-7-15(16)10-12-24(18)19(26)14-23/h4-5,7-8,17-18H,6,9-14H2,1-3H3. The summed E-state index contributed by atoms with van der Waals surface area (Å²) in [5.74, 6) is -0.171. The molecule has 1 aromatic carbocycles. The maximum Gasteiger partial charge on any atom is 0.410 e. The number of rotatable bonds is 1. The van der Waals surface area contributed by atoms with Gasteiger partial charge in [0, 0.05) is 19.6 Å². The lowest BCUT2D eigenvalue weighted by Gasteiger charge is -2.45. The van der Waals surface area contributed by atoms with Gasteiger partial charge >= 0.3 is 6.09 Å². The van der Waals surface area contributed by atoms with Crippen molar-refractivity contribution in [3.63, 3.8) is 0 Å². The van der Waals surface area contributed by atoms with Crippen LogP contribution in [-0.2, 0) is 20.7 Å². The summed E-state index contributed by atoms with van der Waals surface area (Å²) in [6.07, 6.45) is 1.76. The van der Waals surface area contributed by atoms with E-state index in [-0.39, 0.29) is 24.4 Å². The summed E-state index contributed by atoms with van der Waals surface area (Å²) in [7, 11) is 0. The van der Waals surface area contributed by atoms with Crippen LogP contribution in [0.15, 0.2) is 24.3 Å². The molecule has 2 fully saturated rings. The fraction of sp³-hybridized carbons (Fsp3) is 0.591. The second-order valence-electron chi connectivity index (χ2n) is 9.10. The normalized spacial score (nSPS) is 24.2. The van der Waals surface area contributed by atoms with E-state index in [1.54, 1.807) is 4.90 Å². The van der Waals surface area contributed by atoms with Gasteiger partial charge in [-0.15, -0.1) is 0 Å². The van der Waals surface area contributed by atoms with Gasteiger partial charge in [0.25, 0.3) is 0 Å². The van der Waals surface area contributed by atoms with Crippen LogP contribution in [-0.4, -0.2) is 70.4 Å². The lowest BCUT2D eigenvalue weighted by molar-refractivity contribution is -0.151. The molecule has 3 heterocycles. The Hall–Kier alpha value is -2.57. The third-order valence-corrected chi connectivity index (χ3v) is 5.93. The first-order chi connectivity index (χ1) is 13.7. The van der Waals surface area contributed by atoms with Crippen LogP contribution < -0.4 is 0 Å². The SMILES string of the molecule is CC(C)(C)OC(=O)N1CCCC1C(=O)N1CC(=O)N2CCc3ccccc3C2C1. The third-order valence-electron chi connectivity index (χ3n) is 5.93. The zero-order valence-corrected chi connectivity index (χ0v) is 17.4. The lowest BCUT2D eigenvalue weighted by atomic mass is 9.90. The molecule has 0 saturated carbocycles. The van der Waals surface area contributed by atoms with E-state index >= 15 is 0 Å². The van der Waals surface area contributed by atoms with E-state index < -0.39 is 17.7 Å². The van der Waals surface area contributed by atoms with Gasteiger partial charge in [0.15, 0.2) is 0 Å².